The summed E-state index contributed by atoms with van der Waals surface area (Å²) in [6.07, 6.45) is 4.25. The normalized spacial score (nSPS) is 17.1. The Labute approximate surface area is 138 Å². The minimum Gasteiger partial charge on any atom is -0.368 e. The van der Waals surface area contributed by atoms with E-state index in [0.717, 1.165) is 29.1 Å². The summed E-state index contributed by atoms with van der Waals surface area (Å²) in [6, 6.07) is 2.64. The molecule has 5 nitrogen and oxygen atoms in total. The maximum atomic E-state index is 4.54. The second-order valence-electron chi connectivity index (χ2n) is 6.94. The van der Waals surface area contributed by atoms with Crippen LogP contribution in [0.15, 0.2) is 12.4 Å². The number of hydrogen-bond acceptors (Lipinski definition) is 5. The molecule has 1 atom stereocenters. The highest BCUT2D eigenvalue weighted by molar-refractivity contribution is 5.89. The van der Waals surface area contributed by atoms with Crippen LogP contribution in [0.1, 0.15) is 37.9 Å². The summed E-state index contributed by atoms with van der Waals surface area (Å²) in [5.74, 6) is 1.53. The van der Waals surface area contributed by atoms with E-state index in [4.69, 9.17) is 0 Å². The summed E-state index contributed by atoms with van der Waals surface area (Å²) < 4.78 is 0. The molecule has 0 radical (unpaired) electrons. The highest BCUT2D eigenvalue weighted by Gasteiger charge is 2.24. The van der Waals surface area contributed by atoms with Gasteiger partial charge in [-0.2, -0.15) is 0 Å². The lowest BCUT2D eigenvalue weighted by Crippen LogP contribution is -2.42. The Morgan fingerprint density at radius 3 is 2.61 bits per heavy atom. The summed E-state index contributed by atoms with van der Waals surface area (Å²) in [7, 11) is 0. The first kappa shape index (κ1) is 16.1. The van der Waals surface area contributed by atoms with Crippen LogP contribution in [-0.4, -0.2) is 45.5 Å². The fourth-order valence-corrected chi connectivity index (χ4v) is 3.60. The van der Waals surface area contributed by atoms with E-state index in [0.29, 0.717) is 12.0 Å². The minimum atomic E-state index is 0.543. The molecule has 23 heavy (non-hydrogen) atoms. The molecule has 0 aliphatic carbocycles. The molecule has 1 aliphatic heterocycles. The molecule has 0 spiro atoms. The van der Waals surface area contributed by atoms with Crippen molar-refractivity contribution in [2.45, 2.75) is 46.6 Å². The van der Waals surface area contributed by atoms with Gasteiger partial charge in [-0.1, -0.05) is 13.8 Å². The Balaban J connectivity index is 1.83. The van der Waals surface area contributed by atoms with E-state index < -0.39 is 0 Å². The fourth-order valence-electron chi connectivity index (χ4n) is 3.60. The maximum Gasteiger partial charge on any atom is 0.165 e. The first-order chi connectivity index (χ1) is 11.1. The molecule has 0 bridgehead atoms. The Kier molecular flexibility index (Phi) is 4.76. The number of nitrogens with zero attached hydrogens (tertiary/aromatic N) is 4. The van der Waals surface area contributed by atoms with Gasteiger partial charge in [-0.05, 0) is 57.3 Å². The van der Waals surface area contributed by atoms with Gasteiger partial charge >= 0.3 is 0 Å². The lowest BCUT2D eigenvalue weighted by atomic mass is 10.0. The molecule has 1 N–H and O–H groups in total. The summed E-state index contributed by atoms with van der Waals surface area (Å²) in [6.45, 7) is 12.1. The van der Waals surface area contributed by atoms with Gasteiger partial charge in [0.15, 0.2) is 5.65 Å². The van der Waals surface area contributed by atoms with Gasteiger partial charge in [-0.3, -0.25) is 4.90 Å². The number of nitrogens with one attached hydrogen (secondary N) is 1. The molecule has 3 heterocycles. The zero-order valence-electron chi connectivity index (χ0n) is 14.6. The summed E-state index contributed by atoms with van der Waals surface area (Å²) >= 11 is 0. The van der Waals surface area contributed by atoms with Crippen molar-refractivity contribution in [1.29, 1.82) is 0 Å². The molecule has 1 fully saturated rings. The van der Waals surface area contributed by atoms with Crippen molar-refractivity contribution in [3.05, 3.63) is 23.7 Å². The maximum absolute atomic E-state index is 4.54. The Bertz CT molecular complexity index is 676. The fraction of sp³-hybridized carbons (Fsp3) is 0.611. The predicted octanol–water partition coefficient (Wildman–Crippen LogP) is 3.17. The monoisotopic (exact) mass is 313 g/mol. The van der Waals surface area contributed by atoms with Gasteiger partial charge in [-0.25, -0.2) is 15.0 Å². The van der Waals surface area contributed by atoms with Crippen LogP contribution in [0, 0.1) is 19.8 Å². The number of anilines is 1. The van der Waals surface area contributed by atoms with Crippen LogP contribution in [-0.2, 0) is 0 Å². The van der Waals surface area contributed by atoms with Crippen molar-refractivity contribution in [3.8, 4) is 0 Å². The number of aryl methyl sites for hydroxylation is 2. The number of likely N-dealkylation sites (tertiary alicyclic amines) is 1. The van der Waals surface area contributed by atoms with Crippen LogP contribution in [0.3, 0.4) is 0 Å². The third-order valence-corrected chi connectivity index (χ3v) is 4.79. The van der Waals surface area contributed by atoms with Crippen molar-refractivity contribution in [3.63, 3.8) is 0 Å². The van der Waals surface area contributed by atoms with Crippen LogP contribution in [0.2, 0.25) is 0 Å². The van der Waals surface area contributed by atoms with Gasteiger partial charge in [0, 0.05) is 18.3 Å². The number of aromatic nitrogens is 3. The van der Waals surface area contributed by atoms with Gasteiger partial charge in [0.05, 0.1) is 5.39 Å². The van der Waals surface area contributed by atoms with Crippen molar-refractivity contribution in [1.82, 2.24) is 19.9 Å². The second kappa shape index (κ2) is 6.79. The number of hydrogen-bond donors (Lipinski definition) is 1. The first-order valence-corrected chi connectivity index (χ1v) is 8.63. The van der Waals surface area contributed by atoms with Gasteiger partial charge in [0.2, 0.25) is 0 Å². The lowest BCUT2D eigenvalue weighted by molar-refractivity contribution is 0.201. The summed E-state index contributed by atoms with van der Waals surface area (Å²) in [4.78, 5) is 15.9. The molecule has 2 aromatic rings. The smallest absolute Gasteiger partial charge is 0.165 e. The van der Waals surface area contributed by atoms with Crippen LogP contribution in [0.5, 0.6) is 0 Å². The third kappa shape index (κ3) is 3.44. The van der Waals surface area contributed by atoms with Gasteiger partial charge in [0.1, 0.15) is 12.1 Å². The number of fused-ring (bicyclic) bond motifs is 1. The lowest BCUT2D eigenvalue weighted by Gasteiger charge is -2.31. The van der Waals surface area contributed by atoms with E-state index in [1.165, 1.54) is 31.5 Å². The van der Waals surface area contributed by atoms with Gasteiger partial charge < -0.3 is 5.32 Å². The molecule has 1 saturated heterocycles. The van der Waals surface area contributed by atoms with Crippen LogP contribution in [0.4, 0.5) is 5.82 Å². The Morgan fingerprint density at radius 2 is 1.91 bits per heavy atom. The van der Waals surface area contributed by atoms with E-state index in [-0.39, 0.29) is 0 Å². The third-order valence-electron chi connectivity index (χ3n) is 4.79. The molecular weight excluding hydrogens is 286 g/mol. The van der Waals surface area contributed by atoms with Crippen molar-refractivity contribution in [2.75, 3.05) is 25.0 Å². The van der Waals surface area contributed by atoms with E-state index in [9.17, 15) is 0 Å². The van der Waals surface area contributed by atoms with Crippen LogP contribution < -0.4 is 5.32 Å². The highest BCUT2D eigenvalue weighted by atomic mass is 15.2. The molecule has 1 aliphatic rings. The molecule has 3 rings (SSSR count). The van der Waals surface area contributed by atoms with Crippen molar-refractivity contribution in [2.24, 2.45) is 5.92 Å². The van der Waals surface area contributed by atoms with E-state index in [2.05, 4.69) is 52.0 Å². The molecule has 0 unspecified atom stereocenters. The average Bonchev–Trinajstić information content (AvgIpc) is 3.00. The summed E-state index contributed by atoms with van der Waals surface area (Å²) in [5.41, 5.74) is 2.96. The Hall–Kier alpha value is -1.75. The molecule has 124 valence electrons. The van der Waals surface area contributed by atoms with E-state index in [1.807, 2.05) is 6.92 Å². The van der Waals surface area contributed by atoms with Crippen LogP contribution in [0.25, 0.3) is 11.0 Å². The summed E-state index contributed by atoms with van der Waals surface area (Å²) in [5, 5.41) is 4.62. The number of rotatable bonds is 5. The zero-order chi connectivity index (χ0) is 16.4. The highest BCUT2D eigenvalue weighted by Crippen LogP contribution is 2.24. The molecule has 5 heteroatoms. The molecule has 0 saturated carbocycles. The zero-order valence-corrected chi connectivity index (χ0v) is 14.6. The van der Waals surface area contributed by atoms with Gasteiger partial charge in [0.25, 0.3) is 0 Å². The minimum absolute atomic E-state index is 0.543. The molecule has 0 amide bonds. The second-order valence-corrected chi connectivity index (χ2v) is 6.94. The van der Waals surface area contributed by atoms with Crippen molar-refractivity contribution < 1.29 is 0 Å². The first-order valence-electron chi connectivity index (χ1n) is 8.63. The largest absolute Gasteiger partial charge is 0.368 e. The SMILES string of the molecule is Cc1cc(C)c2c(NC[C@H](C(C)C)N3CCCC3)ncnc2n1. The topological polar surface area (TPSA) is 53.9 Å². The molecule has 0 aromatic carbocycles. The number of pyridine rings is 1. The van der Waals surface area contributed by atoms with Crippen LogP contribution >= 0.6 is 0 Å². The van der Waals surface area contributed by atoms with Gasteiger partial charge in [-0.15, -0.1) is 0 Å². The predicted molar refractivity (Wildman–Crippen MR) is 94.7 cm³/mol. The average molecular weight is 313 g/mol. The molecule has 2 aromatic heterocycles. The van der Waals surface area contributed by atoms with E-state index >= 15 is 0 Å². The Morgan fingerprint density at radius 1 is 1.17 bits per heavy atom. The standard InChI is InChI=1S/C18H27N5/c1-12(2)15(23-7-5-6-8-23)10-19-17-16-13(3)9-14(4)22-18(16)21-11-20-17/h9,11-12,15H,5-8,10H2,1-4H3,(H,19,20,21,22)/t15-/m1/s1. The van der Waals surface area contributed by atoms with E-state index in [1.54, 1.807) is 6.33 Å². The quantitative estimate of drug-likeness (QED) is 0.919. The molecular formula is C18H27N5. The van der Waals surface area contributed by atoms with Crippen molar-refractivity contribution >= 4 is 16.9 Å².